The number of phenolic OH excluding ortho intramolecular Hbond substituents is 1. The van der Waals surface area contributed by atoms with Crippen molar-refractivity contribution in [3.63, 3.8) is 0 Å². The monoisotopic (exact) mass is 390 g/mol. The molecular formula is C25H26O4. The summed E-state index contributed by atoms with van der Waals surface area (Å²) in [7, 11) is 0. The summed E-state index contributed by atoms with van der Waals surface area (Å²) < 4.78 is 0. The van der Waals surface area contributed by atoms with E-state index in [1.807, 2.05) is 42.5 Å². The second-order valence-corrected chi connectivity index (χ2v) is 7.88. The molecule has 29 heavy (non-hydrogen) atoms. The van der Waals surface area contributed by atoms with Crippen LogP contribution in [-0.4, -0.2) is 32.6 Å². The molecule has 4 rings (SSSR count). The molecule has 0 amide bonds. The summed E-state index contributed by atoms with van der Waals surface area (Å²) in [5.41, 5.74) is 3.94. The Labute approximate surface area is 170 Å². The van der Waals surface area contributed by atoms with Gasteiger partial charge in [-0.1, -0.05) is 54.7 Å². The number of phenols is 1. The molecule has 150 valence electrons. The zero-order chi connectivity index (χ0) is 20.4. The minimum absolute atomic E-state index is 0.150. The van der Waals surface area contributed by atoms with Gasteiger partial charge in [-0.15, -0.1) is 0 Å². The third-order valence-electron chi connectivity index (χ3n) is 5.78. The van der Waals surface area contributed by atoms with Crippen LogP contribution in [0.3, 0.4) is 0 Å². The molecule has 0 fully saturated rings. The highest BCUT2D eigenvalue weighted by Crippen LogP contribution is 2.33. The van der Waals surface area contributed by atoms with E-state index in [-0.39, 0.29) is 23.3 Å². The Hall–Kier alpha value is -2.82. The largest absolute Gasteiger partial charge is 0.508 e. The van der Waals surface area contributed by atoms with Crippen LogP contribution in [0.4, 0.5) is 0 Å². The Morgan fingerprint density at radius 2 is 1.69 bits per heavy atom. The highest BCUT2D eigenvalue weighted by molar-refractivity contribution is 5.50. The lowest BCUT2D eigenvalue weighted by Crippen LogP contribution is -2.22. The topological polar surface area (TPSA) is 80.9 Å². The lowest BCUT2D eigenvalue weighted by molar-refractivity contribution is 0.174. The van der Waals surface area contributed by atoms with Crippen molar-refractivity contribution in [3.05, 3.63) is 101 Å². The average Bonchev–Trinajstić information content (AvgIpc) is 2.72. The van der Waals surface area contributed by atoms with Gasteiger partial charge in [0, 0.05) is 11.8 Å². The number of benzene rings is 1. The molecule has 3 aliphatic rings. The van der Waals surface area contributed by atoms with Gasteiger partial charge in [0.15, 0.2) is 0 Å². The summed E-state index contributed by atoms with van der Waals surface area (Å²) in [4.78, 5) is 0. The van der Waals surface area contributed by atoms with Crippen LogP contribution < -0.4 is 0 Å². The van der Waals surface area contributed by atoms with E-state index in [1.165, 1.54) is 0 Å². The zero-order valence-electron chi connectivity index (χ0n) is 16.1. The normalized spacial score (nSPS) is 28.7. The van der Waals surface area contributed by atoms with Crippen molar-refractivity contribution in [2.24, 2.45) is 5.92 Å². The molecule has 0 aliphatic heterocycles. The van der Waals surface area contributed by atoms with Crippen LogP contribution in [0.15, 0.2) is 89.8 Å². The summed E-state index contributed by atoms with van der Waals surface area (Å²) in [5, 5.41) is 40.1. The first-order chi connectivity index (χ1) is 14.0. The van der Waals surface area contributed by atoms with E-state index < -0.39 is 12.2 Å². The van der Waals surface area contributed by atoms with Crippen molar-refractivity contribution in [1.29, 1.82) is 0 Å². The quantitative estimate of drug-likeness (QED) is 0.623. The first-order valence-corrected chi connectivity index (χ1v) is 10.0. The third kappa shape index (κ3) is 4.44. The fraction of sp³-hybridized carbons (Fsp3) is 0.280. The number of rotatable bonds is 4. The molecule has 0 aromatic heterocycles. The van der Waals surface area contributed by atoms with Crippen LogP contribution in [0, 0.1) is 5.92 Å². The van der Waals surface area contributed by atoms with E-state index in [0.29, 0.717) is 12.8 Å². The van der Waals surface area contributed by atoms with Crippen molar-refractivity contribution < 1.29 is 20.4 Å². The van der Waals surface area contributed by atoms with Crippen LogP contribution in [0.2, 0.25) is 0 Å². The van der Waals surface area contributed by atoms with Crippen molar-refractivity contribution in [3.8, 4) is 5.75 Å². The second-order valence-electron chi connectivity index (χ2n) is 7.88. The Morgan fingerprint density at radius 1 is 0.862 bits per heavy atom. The SMILES string of the molecule is OC1=CCC(c2ccc(O)c(CC3C=C(C4=CCC(O)C=C4)C=CC3O)c2)C=C1. The molecule has 0 saturated carbocycles. The standard InChI is InChI=1S/C25H26O4/c26-22-7-1-16(2-8-22)18-5-11-24(28)20(13-18)15-21-14-19(6-12-25(21)29)17-3-9-23(27)10-4-17/h1-3,5-7,9-14,17,20,22,24,26-29H,4,8,15H2. The van der Waals surface area contributed by atoms with Crippen molar-refractivity contribution in [2.45, 2.75) is 37.4 Å². The Bertz CT molecular complexity index is 961. The van der Waals surface area contributed by atoms with Gasteiger partial charge in [0.25, 0.3) is 0 Å². The predicted octanol–water partition coefficient (Wildman–Crippen LogP) is 4.14. The summed E-state index contributed by atoms with van der Waals surface area (Å²) in [6, 6.07) is 5.61. The fourth-order valence-electron chi connectivity index (χ4n) is 4.03. The number of aromatic hydroxyl groups is 1. The number of aliphatic hydroxyl groups excluding tert-OH is 3. The zero-order valence-corrected chi connectivity index (χ0v) is 16.1. The van der Waals surface area contributed by atoms with Gasteiger partial charge >= 0.3 is 0 Å². The highest BCUT2D eigenvalue weighted by Gasteiger charge is 2.23. The first kappa shape index (κ1) is 19.5. The summed E-state index contributed by atoms with van der Waals surface area (Å²) in [6.07, 6.45) is 17.7. The fourth-order valence-corrected chi connectivity index (χ4v) is 4.03. The van der Waals surface area contributed by atoms with Gasteiger partial charge in [0.2, 0.25) is 0 Å². The van der Waals surface area contributed by atoms with Crippen LogP contribution in [0.25, 0.3) is 0 Å². The maximum Gasteiger partial charge on any atom is 0.118 e. The number of hydrogen-bond donors (Lipinski definition) is 4. The lowest BCUT2D eigenvalue weighted by atomic mass is 9.83. The van der Waals surface area contributed by atoms with Gasteiger partial charge in [-0.25, -0.2) is 0 Å². The first-order valence-electron chi connectivity index (χ1n) is 10.0. The van der Waals surface area contributed by atoms with Crippen molar-refractivity contribution in [1.82, 2.24) is 0 Å². The van der Waals surface area contributed by atoms with E-state index in [0.717, 1.165) is 28.7 Å². The molecule has 4 unspecified atom stereocenters. The van der Waals surface area contributed by atoms with Gasteiger partial charge in [-0.3, -0.25) is 0 Å². The maximum absolute atomic E-state index is 10.5. The van der Waals surface area contributed by atoms with Gasteiger partial charge in [0.05, 0.1) is 12.2 Å². The van der Waals surface area contributed by atoms with E-state index >= 15 is 0 Å². The van der Waals surface area contributed by atoms with Crippen LogP contribution in [0.1, 0.15) is 29.9 Å². The molecule has 0 heterocycles. The Morgan fingerprint density at radius 3 is 2.41 bits per heavy atom. The number of allylic oxidation sites excluding steroid dienone is 7. The third-order valence-corrected chi connectivity index (χ3v) is 5.78. The van der Waals surface area contributed by atoms with Crippen molar-refractivity contribution in [2.75, 3.05) is 0 Å². The summed E-state index contributed by atoms with van der Waals surface area (Å²) in [6.45, 7) is 0. The van der Waals surface area contributed by atoms with Gasteiger partial charge in [-0.05, 0) is 59.8 Å². The van der Waals surface area contributed by atoms with Gasteiger partial charge in [-0.2, -0.15) is 0 Å². The molecule has 4 atom stereocenters. The van der Waals surface area contributed by atoms with Gasteiger partial charge in [0.1, 0.15) is 11.5 Å². The molecule has 0 radical (unpaired) electrons. The lowest BCUT2D eigenvalue weighted by Gasteiger charge is -2.24. The molecule has 3 aliphatic carbocycles. The van der Waals surface area contributed by atoms with E-state index in [2.05, 4.69) is 0 Å². The summed E-state index contributed by atoms with van der Waals surface area (Å²) in [5.74, 6) is 0.525. The minimum Gasteiger partial charge on any atom is -0.508 e. The van der Waals surface area contributed by atoms with Gasteiger partial charge < -0.3 is 20.4 Å². The van der Waals surface area contributed by atoms with E-state index in [9.17, 15) is 20.4 Å². The smallest absolute Gasteiger partial charge is 0.118 e. The highest BCUT2D eigenvalue weighted by atomic mass is 16.3. The number of hydrogen-bond acceptors (Lipinski definition) is 4. The molecule has 0 spiro atoms. The maximum atomic E-state index is 10.5. The second kappa shape index (κ2) is 8.27. The van der Waals surface area contributed by atoms with Crippen molar-refractivity contribution >= 4 is 0 Å². The Balaban J connectivity index is 1.55. The van der Waals surface area contributed by atoms with E-state index in [1.54, 1.807) is 30.4 Å². The molecule has 4 N–H and O–H groups in total. The predicted molar refractivity (Wildman–Crippen MR) is 114 cm³/mol. The van der Waals surface area contributed by atoms with Crippen LogP contribution in [-0.2, 0) is 6.42 Å². The average molecular weight is 390 g/mol. The molecule has 4 heteroatoms. The van der Waals surface area contributed by atoms with Crippen LogP contribution >= 0.6 is 0 Å². The minimum atomic E-state index is -0.616. The number of aliphatic hydroxyl groups is 3. The molecular weight excluding hydrogens is 364 g/mol. The van der Waals surface area contributed by atoms with Crippen LogP contribution in [0.5, 0.6) is 5.75 Å². The molecule has 0 bridgehead atoms. The molecule has 1 aromatic carbocycles. The summed E-state index contributed by atoms with van der Waals surface area (Å²) >= 11 is 0. The molecule has 4 nitrogen and oxygen atoms in total. The van der Waals surface area contributed by atoms with E-state index in [4.69, 9.17) is 0 Å². The Kier molecular flexibility index (Phi) is 5.56. The molecule has 0 saturated heterocycles. The molecule has 1 aromatic rings.